The van der Waals surface area contributed by atoms with Crippen LogP contribution in [0.1, 0.15) is 6.92 Å². The van der Waals surface area contributed by atoms with E-state index < -0.39 is 0 Å². The minimum atomic E-state index is 0.127. The van der Waals surface area contributed by atoms with Crippen LogP contribution in [-0.4, -0.2) is 61.5 Å². The van der Waals surface area contributed by atoms with Crippen LogP contribution >= 0.6 is 0 Å². The second-order valence-corrected chi connectivity index (χ2v) is 3.28. The number of carbonyl (C=O) groups is 1. The van der Waals surface area contributed by atoms with Gasteiger partial charge in [-0.1, -0.05) is 0 Å². The lowest BCUT2D eigenvalue weighted by molar-refractivity contribution is -0.130. The van der Waals surface area contributed by atoms with E-state index in [2.05, 4.69) is 9.64 Å². The van der Waals surface area contributed by atoms with E-state index in [1.54, 1.807) is 6.92 Å². The molecule has 0 aromatic heterocycles. The third-order valence-electron chi connectivity index (χ3n) is 2.39. The largest absolute Gasteiger partial charge is 0.456 e. The predicted octanol–water partition coefficient (Wildman–Crippen LogP) is -0.766. The predicted molar refractivity (Wildman–Crippen MR) is 50.3 cm³/mol. The summed E-state index contributed by atoms with van der Waals surface area (Å²) in [4.78, 5) is 24.8. The lowest BCUT2D eigenvalue weighted by Gasteiger charge is -2.33. The molecule has 1 fully saturated rings. The highest BCUT2D eigenvalue weighted by Crippen LogP contribution is 2.01. The Morgan fingerprint density at radius 3 is 2.50 bits per heavy atom. The van der Waals surface area contributed by atoms with Gasteiger partial charge in [-0.25, -0.2) is 4.79 Å². The Bertz CT molecular complexity index is 200. The number of piperazine rings is 1. The van der Waals surface area contributed by atoms with Crippen molar-refractivity contribution in [3.63, 3.8) is 0 Å². The lowest BCUT2D eigenvalue weighted by Crippen LogP contribution is -2.48. The van der Waals surface area contributed by atoms with Crippen LogP contribution in [-0.2, 0) is 14.3 Å². The van der Waals surface area contributed by atoms with E-state index in [9.17, 15) is 9.59 Å². The summed E-state index contributed by atoms with van der Waals surface area (Å²) in [5, 5.41) is 0. The van der Waals surface area contributed by atoms with Crippen molar-refractivity contribution in [2.45, 2.75) is 6.92 Å². The highest BCUT2D eigenvalue weighted by molar-refractivity contribution is 5.73. The van der Waals surface area contributed by atoms with Crippen LogP contribution in [0.3, 0.4) is 0 Å². The molecule has 1 radical (unpaired) electrons. The summed E-state index contributed by atoms with van der Waals surface area (Å²) < 4.78 is 4.48. The van der Waals surface area contributed by atoms with Crippen molar-refractivity contribution < 1.29 is 14.3 Å². The topological polar surface area (TPSA) is 49.9 Å². The van der Waals surface area contributed by atoms with Gasteiger partial charge in [0.15, 0.2) is 0 Å². The van der Waals surface area contributed by atoms with E-state index in [0.29, 0.717) is 6.61 Å². The van der Waals surface area contributed by atoms with Gasteiger partial charge in [0.05, 0.1) is 0 Å². The molecule has 1 heterocycles. The minimum absolute atomic E-state index is 0.127. The van der Waals surface area contributed by atoms with Gasteiger partial charge in [-0.15, -0.1) is 0 Å². The molecule has 1 rings (SSSR count). The molecule has 1 saturated heterocycles. The van der Waals surface area contributed by atoms with Crippen LogP contribution in [0.4, 0.5) is 0 Å². The molecule has 1 aliphatic rings. The molecule has 1 amide bonds. The number of rotatable bonds is 4. The van der Waals surface area contributed by atoms with E-state index in [-0.39, 0.29) is 5.91 Å². The smallest absolute Gasteiger partial charge is 0.417 e. The molecule has 0 aliphatic carbocycles. The second-order valence-electron chi connectivity index (χ2n) is 3.28. The monoisotopic (exact) mass is 199 g/mol. The van der Waals surface area contributed by atoms with Gasteiger partial charge in [0.25, 0.3) is 0 Å². The molecule has 5 nitrogen and oxygen atoms in total. The van der Waals surface area contributed by atoms with Gasteiger partial charge < -0.3 is 9.64 Å². The maximum absolute atomic E-state index is 11.0. The van der Waals surface area contributed by atoms with Crippen molar-refractivity contribution in [2.75, 3.05) is 39.3 Å². The molecule has 79 valence electrons. The average molecular weight is 199 g/mol. The number of carbonyl (C=O) groups excluding carboxylic acids is 2. The fourth-order valence-electron chi connectivity index (χ4n) is 1.50. The third-order valence-corrected chi connectivity index (χ3v) is 2.39. The van der Waals surface area contributed by atoms with Gasteiger partial charge in [-0.3, -0.25) is 9.69 Å². The molecule has 0 aromatic rings. The Hall–Kier alpha value is -1.10. The summed E-state index contributed by atoms with van der Waals surface area (Å²) in [5.41, 5.74) is 0. The molecule has 0 atom stereocenters. The first-order valence-electron chi connectivity index (χ1n) is 4.71. The molecule has 0 spiro atoms. The van der Waals surface area contributed by atoms with Crippen LogP contribution in [0.5, 0.6) is 0 Å². The minimum Gasteiger partial charge on any atom is -0.456 e. The van der Waals surface area contributed by atoms with E-state index in [0.717, 1.165) is 32.7 Å². The van der Waals surface area contributed by atoms with Crippen LogP contribution in [0, 0.1) is 0 Å². The molecule has 5 heteroatoms. The summed E-state index contributed by atoms with van der Waals surface area (Å²) in [6, 6.07) is 0. The maximum Gasteiger partial charge on any atom is 0.417 e. The number of amides is 1. The van der Waals surface area contributed by atoms with E-state index in [1.807, 2.05) is 4.90 Å². The van der Waals surface area contributed by atoms with Crippen LogP contribution in [0.25, 0.3) is 0 Å². The van der Waals surface area contributed by atoms with E-state index in [1.165, 1.54) is 6.47 Å². The third kappa shape index (κ3) is 3.33. The van der Waals surface area contributed by atoms with Crippen molar-refractivity contribution in [2.24, 2.45) is 0 Å². The van der Waals surface area contributed by atoms with Gasteiger partial charge in [-0.05, 0) is 0 Å². The quantitative estimate of drug-likeness (QED) is 0.558. The molecule has 0 unspecified atom stereocenters. The first-order valence-corrected chi connectivity index (χ1v) is 4.71. The van der Waals surface area contributed by atoms with Crippen molar-refractivity contribution in [3.05, 3.63) is 0 Å². The van der Waals surface area contributed by atoms with Crippen molar-refractivity contribution in [1.29, 1.82) is 0 Å². The van der Waals surface area contributed by atoms with Gasteiger partial charge in [-0.2, -0.15) is 0 Å². The van der Waals surface area contributed by atoms with Crippen molar-refractivity contribution in [3.8, 4) is 0 Å². The molecule has 0 saturated carbocycles. The number of nitrogens with zero attached hydrogens (tertiary/aromatic N) is 2. The van der Waals surface area contributed by atoms with Gasteiger partial charge in [0, 0.05) is 39.6 Å². The molecule has 14 heavy (non-hydrogen) atoms. The Kier molecular flexibility index (Phi) is 4.39. The fourth-order valence-corrected chi connectivity index (χ4v) is 1.50. The zero-order valence-electron chi connectivity index (χ0n) is 8.36. The Morgan fingerprint density at radius 2 is 2.00 bits per heavy atom. The standard InChI is InChI=1S/C9H15N2O3/c1-9(13)11-4-2-10(3-5-11)6-7-14-8-12/h2-7H2,1H3. The Balaban J connectivity index is 2.15. The molecular formula is C9H15N2O3. The lowest BCUT2D eigenvalue weighted by atomic mass is 10.3. The van der Waals surface area contributed by atoms with Crippen LogP contribution in [0.15, 0.2) is 0 Å². The number of hydrogen-bond donors (Lipinski definition) is 0. The SMILES string of the molecule is CC(=O)N1CCN(CCO[C]=O)CC1. The summed E-state index contributed by atoms with van der Waals surface area (Å²) in [6.45, 7) is 7.30. The molecule has 0 aromatic carbocycles. The summed E-state index contributed by atoms with van der Waals surface area (Å²) in [5.74, 6) is 0.127. The summed E-state index contributed by atoms with van der Waals surface area (Å²) in [6.07, 6.45) is 0. The normalized spacial score (nSPS) is 17.9. The van der Waals surface area contributed by atoms with E-state index >= 15 is 0 Å². The van der Waals surface area contributed by atoms with Gasteiger partial charge >= 0.3 is 6.47 Å². The zero-order chi connectivity index (χ0) is 10.4. The number of ether oxygens (including phenoxy) is 1. The molecule has 0 bridgehead atoms. The molecule has 1 aliphatic heterocycles. The second kappa shape index (κ2) is 5.59. The maximum atomic E-state index is 11.0. The first-order chi connectivity index (χ1) is 6.74. The highest BCUT2D eigenvalue weighted by Gasteiger charge is 2.17. The van der Waals surface area contributed by atoms with Crippen molar-refractivity contribution in [1.82, 2.24) is 9.80 Å². The molecular weight excluding hydrogens is 184 g/mol. The van der Waals surface area contributed by atoms with Gasteiger partial charge in [0.2, 0.25) is 5.91 Å². The van der Waals surface area contributed by atoms with Crippen LogP contribution in [0.2, 0.25) is 0 Å². The zero-order valence-corrected chi connectivity index (χ0v) is 8.36. The fraction of sp³-hybridized carbons (Fsp3) is 0.778. The average Bonchev–Trinajstić information content (AvgIpc) is 2.19. The van der Waals surface area contributed by atoms with Crippen molar-refractivity contribution >= 4 is 12.4 Å². The summed E-state index contributed by atoms with van der Waals surface area (Å²) >= 11 is 0. The van der Waals surface area contributed by atoms with Crippen LogP contribution < -0.4 is 0 Å². The van der Waals surface area contributed by atoms with Gasteiger partial charge in [0.1, 0.15) is 6.61 Å². The van der Waals surface area contributed by atoms with E-state index in [4.69, 9.17) is 0 Å². The summed E-state index contributed by atoms with van der Waals surface area (Å²) in [7, 11) is 0. The number of hydrogen-bond acceptors (Lipinski definition) is 4. The first kappa shape index (κ1) is 11.0. The highest BCUT2D eigenvalue weighted by atomic mass is 16.5. The Labute approximate surface area is 83.6 Å². The molecule has 0 N–H and O–H groups in total. The Morgan fingerprint density at radius 1 is 1.36 bits per heavy atom.